The number of benzene rings is 1. The van der Waals surface area contributed by atoms with Gasteiger partial charge in [0.05, 0.1) is 92.5 Å². The Kier molecular flexibility index (Phi) is 20.2. The SMILES string of the molecule is OCCOCCOCCOCCOc1ccc(OCCOCCOCCOCCO)cc1. The van der Waals surface area contributed by atoms with Gasteiger partial charge in [-0.1, -0.05) is 0 Å². The van der Waals surface area contributed by atoms with Crippen LogP contribution in [0.5, 0.6) is 11.5 Å². The summed E-state index contributed by atoms with van der Waals surface area (Å²) in [6, 6.07) is 7.38. The molecule has 0 radical (unpaired) electrons. The molecule has 1 rings (SSSR count). The third-order valence-corrected chi connectivity index (χ3v) is 3.78. The lowest BCUT2D eigenvalue weighted by Gasteiger charge is -2.10. The minimum atomic E-state index is 0.0234. The van der Waals surface area contributed by atoms with Crippen molar-refractivity contribution < 1.29 is 48.1 Å². The third kappa shape index (κ3) is 18.1. The van der Waals surface area contributed by atoms with Gasteiger partial charge in [-0.3, -0.25) is 0 Å². The number of rotatable bonds is 24. The smallest absolute Gasteiger partial charge is 0.119 e. The molecule has 186 valence electrons. The second-order valence-electron chi connectivity index (χ2n) is 6.29. The van der Waals surface area contributed by atoms with Gasteiger partial charge in [0.2, 0.25) is 0 Å². The first kappa shape index (κ1) is 28.5. The number of hydrogen-bond donors (Lipinski definition) is 2. The highest BCUT2D eigenvalue weighted by Gasteiger charge is 1.98. The highest BCUT2D eigenvalue weighted by molar-refractivity contribution is 5.31. The molecule has 0 aliphatic rings. The highest BCUT2D eigenvalue weighted by Crippen LogP contribution is 2.17. The molecular formula is C22H38O10. The Balaban J connectivity index is 1.89. The van der Waals surface area contributed by atoms with E-state index in [1.165, 1.54) is 0 Å². The lowest BCUT2D eigenvalue weighted by Crippen LogP contribution is -2.13. The molecule has 0 aromatic heterocycles. The summed E-state index contributed by atoms with van der Waals surface area (Å²) in [6.07, 6.45) is 0. The number of aliphatic hydroxyl groups is 2. The third-order valence-electron chi connectivity index (χ3n) is 3.78. The average molecular weight is 463 g/mol. The van der Waals surface area contributed by atoms with Crippen LogP contribution in [-0.4, -0.2) is 116 Å². The molecule has 1 aromatic carbocycles. The van der Waals surface area contributed by atoms with Crippen molar-refractivity contribution in [3.05, 3.63) is 24.3 Å². The van der Waals surface area contributed by atoms with Gasteiger partial charge < -0.3 is 48.1 Å². The molecule has 0 fully saturated rings. The van der Waals surface area contributed by atoms with Crippen LogP contribution in [0, 0.1) is 0 Å². The summed E-state index contributed by atoms with van der Waals surface area (Å²) < 4.78 is 42.9. The van der Waals surface area contributed by atoms with Crippen LogP contribution in [-0.2, 0) is 28.4 Å². The summed E-state index contributed by atoms with van der Waals surface area (Å²) in [4.78, 5) is 0. The van der Waals surface area contributed by atoms with Gasteiger partial charge in [-0.15, -0.1) is 0 Å². The van der Waals surface area contributed by atoms with Crippen LogP contribution in [0.1, 0.15) is 0 Å². The van der Waals surface area contributed by atoms with Crippen LogP contribution in [0.25, 0.3) is 0 Å². The molecule has 0 bridgehead atoms. The Bertz CT molecular complexity index is 455. The summed E-state index contributed by atoms with van der Waals surface area (Å²) in [6.45, 7) is 6.41. The van der Waals surface area contributed by atoms with E-state index in [1.54, 1.807) is 0 Å². The van der Waals surface area contributed by atoms with E-state index in [-0.39, 0.29) is 13.2 Å². The van der Waals surface area contributed by atoms with Gasteiger partial charge >= 0.3 is 0 Å². The quantitative estimate of drug-likeness (QED) is 0.211. The molecule has 10 nitrogen and oxygen atoms in total. The number of hydrogen-bond acceptors (Lipinski definition) is 10. The van der Waals surface area contributed by atoms with Crippen molar-refractivity contribution in [2.45, 2.75) is 0 Å². The lowest BCUT2D eigenvalue weighted by atomic mass is 10.3. The summed E-state index contributed by atoms with van der Waals surface area (Å²) in [5.74, 6) is 1.49. The monoisotopic (exact) mass is 462 g/mol. The van der Waals surface area contributed by atoms with E-state index >= 15 is 0 Å². The van der Waals surface area contributed by atoms with Crippen LogP contribution < -0.4 is 9.47 Å². The van der Waals surface area contributed by atoms with E-state index in [2.05, 4.69) is 0 Å². The van der Waals surface area contributed by atoms with Gasteiger partial charge in [0.25, 0.3) is 0 Å². The van der Waals surface area contributed by atoms with Crippen LogP contribution in [0.3, 0.4) is 0 Å². The zero-order valence-electron chi connectivity index (χ0n) is 18.8. The topological polar surface area (TPSA) is 114 Å². The second kappa shape index (κ2) is 22.7. The molecule has 0 heterocycles. The number of aliphatic hydroxyl groups excluding tert-OH is 2. The van der Waals surface area contributed by atoms with Gasteiger partial charge in [-0.25, -0.2) is 0 Å². The average Bonchev–Trinajstić information content (AvgIpc) is 2.82. The molecule has 0 unspecified atom stereocenters. The normalized spacial score (nSPS) is 11.1. The summed E-state index contributed by atoms with van der Waals surface area (Å²) in [7, 11) is 0. The fraction of sp³-hybridized carbons (Fsp3) is 0.727. The van der Waals surface area contributed by atoms with Gasteiger partial charge in [0.1, 0.15) is 24.7 Å². The maximum atomic E-state index is 8.56. The molecule has 10 heteroatoms. The van der Waals surface area contributed by atoms with E-state index < -0.39 is 0 Å². The highest BCUT2D eigenvalue weighted by atomic mass is 16.6. The molecule has 0 saturated carbocycles. The Hall–Kier alpha value is -1.50. The maximum absolute atomic E-state index is 8.56. The first-order valence-electron chi connectivity index (χ1n) is 10.9. The molecule has 1 aromatic rings. The summed E-state index contributed by atoms with van der Waals surface area (Å²) in [5, 5.41) is 17.1. The predicted molar refractivity (Wildman–Crippen MR) is 117 cm³/mol. The van der Waals surface area contributed by atoms with E-state index in [0.29, 0.717) is 92.5 Å². The van der Waals surface area contributed by atoms with E-state index in [9.17, 15) is 0 Å². The second-order valence-corrected chi connectivity index (χ2v) is 6.29. The van der Waals surface area contributed by atoms with E-state index in [1.807, 2.05) is 24.3 Å². The Morgan fingerprint density at radius 2 is 0.625 bits per heavy atom. The van der Waals surface area contributed by atoms with Crippen molar-refractivity contribution in [3.8, 4) is 11.5 Å². The summed E-state index contributed by atoms with van der Waals surface area (Å²) in [5.41, 5.74) is 0. The standard InChI is InChI=1S/C22H38O10/c23-5-7-25-9-11-27-13-15-29-17-19-31-21-1-2-22(4-3-21)32-20-18-30-16-14-28-12-10-26-8-6-24/h1-4,23-24H,5-20H2. The molecule has 32 heavy (non-hydrogen) atoms. The Labute approximate surface area is 190 Å². The zero-order chi connectivity index (χ0) is 23.0. The van der Waals surface area contributed by atoms with Crippen molar-refractivity contribution in [2.24, 2.45) is 0 Å². The molecule has 0 aliphatic heterocycles. The van der Waals surface area contributed by atoms with Crippen LogP contribution >= 0.6 is 0 Å². The van der Waals surface area contributed by atoms with Crippen molar-refractivity contribution in [3.63, 3.8) is 0 Å². The predicted octanol–water partition coefficient (Wildman–Crippen LogP) is 0.528. The molecule has 0 aliphatic carbocycles. The first-order chi connectivity index (χ1) is 15.9. The zero-order valence-corrected chi connectivity index (χ0v) is 18.8. The molecule has 0 atom stereocenters. The van der Waals surface area contributed by atoms with E-state index in [0.717, 1.165) is 11.5 Å². The van der Waals surface area contributed by atoms with Crippen LogP contribution in [0.4, 0.5) is 0 Å². The first-order valence-corrected chi connectivity index (χ1v) is 10.9. The minimum absolute atomic E-state index is 0.0234. The Morgan fingerprint density at radius 3 is 0.906 bits per heavy atom. The van der Waals surface area contributed by atoms with Crippen molar-refractivity contribution in [1.82, 2.24) is 0 Å². The van der Waals surface area contributed by atoms with E-state index in [4.69, 9.17) is 48.1 Å². The van der Waals surface area contributed by atoms with Gasteiger partial charge in [0, 0.05) is 0 Å². The fourth-order valence-electron chi connectivity index (χ4n) is 2.28. The molecule has 2 N–H and O–H groups in total. The van der Waals surface area contributed by atoms with Gasteiger partial charge in [-0.2, -0.15) is 0 Å². The lowest BCUT2D eigenvalue weighted by molar-refractivity contribution is 0.00346. The van der Waals surface area contributed by atoms with Crippen molar-refractivity contribution >= 4 is 0 Å². The number of ether oxygens (including phenoxy) is 8. The van der Waals surface area contributed by atoms with Crippen molar-refractivity contribution in [1.29, 1.82) is 0 Å². The Morgan fingerprint density at radius 1 is 0.375 bits per heavy atom. The maximum Gasteiger partial charge on any atom is 0.119 e. The van der Waals surface area contributed by atoms with Gasteiger partial charge in [0.15, 0.2) is 0 Å². The van der Waals surface area contributed by atoms with Crippen LogP contribution in [0.2, 0.25) is 0 Å². The largest absolute Gasteiger partial charge is 0.491 e. The van der Waals surface area contributed by atoms with Crippen molar-refractivity contribution in [2.75, 3.05) is 106 Å². The van der Waals surface area contributed by atoms with Crippen LogP contribution in [0.15, 0.2) is 24.3 Å². The molecule has 0 saturated heterocycles. The molecule has 0 amide bonds. The molecule has 0 spiro atoms. The summed E-state index contributed by atoms with van der Waals surface area (Å²) >= 11 is 0. The fourth-order valence-corrected chi connectivity index (χ4v) is 2.28. The van der Waals surface area contributed by atoms with Gasteiger partial charge in [-0.05, 0) is 24.3 Å². The molecular weight excluding hydrogens is 424 g/mol. The minimum Gasteiger partial charge on any atom is -0.491 e.